The van der Waals surface area contributed by atoms with Crippen LogP contribution in [0, 0.1) is 15.9 Å². The highest BCUT2D eigenvalue weighted by atomic mass is 32.2. The van der Waals surface area contributed by atoms with E-state index in [2.05, 4.69) is 0 Å². The molecule has 0 radical (unpaired) electrons. The number of nitro benzene ring substituents is 1. The Morgan fingerprint density at radius 3 is 2.71 bits per heavy atom. The summed E-state index contributed by atoms with van der Waals surface area (Å²) in [5.41, 5.74) is -0.848. The zero-order valence-corrected chi connectivity index (χ0v) is 11.9. The van der Waals surface area contributed by atoms with Gasteiger partial charge in [0.2, 0.25) is 15.8 Å². The van der Waals surface area contributed by atoms with E-state index in [0.717, 1.165) is 28.2 Å². The van der Waals surface area contributed by atoms with Gasteiger partial charge in [-0.2, -0.15) is 8.70 Å². The average Bonchev–Trinajstić information content (AvgIpc) is 2.88. The Bertz CT molecular complexity index is 707. The molecule has 1 heterocycles. The Hall–Kier alpha value is -1.72. The predicted octanol–water partition coefficient (Wildman–Crippen LogP) is 0.882. The summed E-state index contributed by atoms with van der Waals surface area (Å²) >= 11 is 1.12. The van der Waals surface area contributed by atoms with Gasteiger partial charge >= 0.3 is 11.7 Å². The first kappa shape index (κ1) is 15.7. The van der Waals surface area contributed by atoms with Gasteiger partial charge in [0.25, 0.3) is 0 Å². The van der Waals surface area contributed by atoms with Crippen LogP contribution in [-0.2, 0) is 14.8 Å². The number of sulfonamides is 1. The van der Waals surface area contributed by atoms with Crippen LogP contribution in [0.1, 0.15) is 0 Å². The first-order valence-corrected chi connectivity index (χ1v) is 8.11. The first-order valence-electron chi connectivity index (χ1n) is 5.51. The average molecular weight is 336 g/mol. The maximum Gasteiger partial charge on any atom is 0.322 e. The number of nitrogens with zero attached hydrogens (tertiary/aromatic N) is 2. The van der Waals surface area contributed by atoms with Crippen LogP contribution in [0.5, 0.6) is 0 Å². The van der Waals surface area contributed by atoms with Gasteiger partial charge < -0.3 is 5.11 Å². The summed E-state index contributed by atoms with van der Waals surface area (Å²) in [5.74, 6) is -2.58. The van der Waals surface area contributed by atoms with Gasteiger partial charge in [-0.05, 0) is 6.07 Å². The molecular weight excluding hydrogens is 327 g/mol. The molecular formula is C10H9FN2O6S2. The van der Waals surface area contributed by atoms with Crippen LogP contribution in [0.15, 0.2) is 23.1 Å². The van der Waals surface area contributed by atoms with E-state index < -0.39 is 43.4 Å². The van der Waals surface area contributed by atoms with Crippen molar-refractivity contribution in [1.82, 2.24) is 4.31 Å². The molecule has 1 fully saturated rings. The lowest BCUT2D eigenvalue weighted by Gasteiger charge is -2.19. The van der Waals surface area contributed by atoms with Gasteiger partial charge in [0.05, 0.1) is 15.7 Å². The Kier molecular flexibility index (Phi) is 4.16. The molecule has 0 saturated carbocycles. The topological polar surface area (TPSA) is 118 Å². The van der Waals surface area contributed by atoms with Crippen molar-refractivity contribution in [3.63, 3.8) is 0 Å². The second kappa shape index (κ2) is 5.58. The summed E-state index contributed by atoms with van der Waals surface area (Å²) in [4.78, 5) is 20.0. The number of carboxylic acid groups (broad SMARTS) is 1. The van der Waals surface area contributed by atoms with E-state index in [1.54, 1.807) is 0 Å². The Morgan fingerprint density at radius 1 is 1.52 bits per heavy atom. The molecule has 21 heavy (non-hydrogen) atoms. The molecule has 0 unspecified atom stereocenters. The van der Waals surface area contributed by atoms with Gasteiger partial charge in [0, 0.05) is 17.9 Å². The summed E-state index contributed by atoms with van der Waals surface area (Å²) < 4.78 is 38.9. The molecule has 1 aliphatic heterocycles. The van der Waals surface area contributed by atoms with Crippen LogP contribution in [0.4, 0.5) is 10.1 Å². The van der Waals surface area contributed by atoms with Crippen LogP contribution in [0.2, 0.25) is 0 Å². The molecule has 1 aromatic carbocycles. The minimum atomic E-state index is -4.23. The highest BCUT2D eigenvalue weighted by molar-refractivity contribution is 8.00. The minimum Gasteiger partial charge on any atom is -0.480 e. The molecule has 0 spiro atoms. The number of benzene rings is 1. The highest BCUT2D eigenvalue weighted by Crippen LogP contribution is 2.30. The van der Waals surface area contributed by atoms with E-state index in [0.29, 0.717) is 6.07 Å². The Balaban J connectivity index is 2.43. The van der Waals surface area contributed by atoms with E-state index >= 15 is 0 Å². The van der Waals surface area contributed by atoms with Crippen LogP contribution in [0.3, 0.4) is 0 Å². The van der Waals surface area contributed by atoms with Crippen molar-refractivity contribution in [1.29, 1.82) is 0 Å². The van der Waals surface area contributed by atoms with Crippen LogP contribution >= 0.6 is 11.8 Å². The molecule has 1 N–H and O–H groups in total. The Labute approximate surface area is 122 Å². The van der Waals surface area contributed by atoms with Crippen molar-refractivity contribution in [3.8, 4) is 0 Å². The number of halogens is 1. The smallest absolute Gasteiger partial charge is 0.322 e. The molecule has 8 nitrogen and oxygen atoms in total. The third-order valence-corrected chi connectivity index (χ3v) is 5.88. The largest absolute Gasteiger partial charge is 0.480 e. The molecule has 1 aliphatic rings. The van der Waals surface area contributed by atoms with Crippen molar-refractivity contribution >= 4 is 33.4 Å². The molecule has 11 heteroatoms. The lowest BCUT2D eigenvalue weighted by Crippen LogP contribution is -2.41. The van der Waals surface area contributed by atoms with Gasteiger partial charge in [-0.25, -0.2) is 8.42 Å². The second-order valence-corrected chi connectivity index (χ2v) is 7.01. The maximum atomic E-state index is 13.5. The number of nitro groups is 1. The number of rotatable bonds is 4. The third-order valence-electron chi connectivity index (χ3n) is 2.85. The fourth-order valence-electron chi connectivity index (χ4n) is 1.79. The molecule has 114 valence electrons. The van der Waals surface area contributed by atoms with Crippen LogP contribution in [-0.4, -0.2) is 46.4 Å². The zero-order chi connectivity index (χ0) is 15.8. The van der Waals surface area contributed by atoms with Gasteiger partial charge in [-0.3, -0.25) is 14.9 Å². The van der Waals surface area contributed by atoms with Gasteiger partial charge in [-0.15, -0.1) is 11.8 Å². The zero-order valence-electron chi connectivity index (χ0n) is 10.3. The second-order valence-electron chi connectivity index (χ2n) is 4.12. The van der Waals surface area contributed by atoms with Crippen molar-refractivity contribution in [2.75, 3.05) is 11.6 Å². The molecule has 1 atom stereocenters. The molecule has 0 amide bonds. The van der Waals surface area contributed by atoms with E-state index in [-0.39, 0.29) is 11.6 Å². The normalized spacial score (nSPS) is 19.6. The van der Waals surface area contributed by atoms with Crippen molar-refractivity contribution < 1.29 is 27.6 Å². The molecule has 1 aromatic rings. The lowest BCUT2D eigenvalue weighted by molar-refractivity contribution is -0.387. The predicted molar refractivity (Wildman–Crippen MR) is 70.8 cm³/mol. The summed E-state index contributed by atoms with van der Waals surface area (Å²) in [7, 11) is -4.23. The van der Waals surface area contributed by atoms with E-state index in [1.807, 2.05) is 0 Å². The molecule has 0 aliphatic carbocycles. The number of thioether (sulfide) groups is 1. The van der Waals surface area contributed by atoms with Crippen molar-refractivity contribution in [3.05, 3.63) is 34.1 Å². The van der Waals surface area contributed by atoms with Gasteiger partial charge in [0.15, 0.2) is 0 Å². The quantitative estimate of drug-likeness (QED) is 0.640. The van der Waals surface area contributed by atoms with Gasteiger partial charge in [0.1, 0.15) is 6.04 Å². The molecule has 0 aromatic heterocycles. The Morgan fingerprint density at radius 2 is 2.19 bits per heavy atom. The lowest BCUT2D eigenvalue weighted by atomic mass is 10.3. The first-order chi connectivity index (χ1) is 9.75. The number of carbonyl (C=O) groups is 1. The highest BCUT2D eigenvalue weighted by Gasteiger charge is 2.40. The van der Waals surface area contributed by atoms with Crippen LogP contribution in [0.25, 0.3) is 0 Å². The van der Waals surface area contributed by atoms with E-state index in [1.165, 1.54) is 0 Å². The minimum absolute atomic E-state index is 0.0715. The summed E-state index contributed by atoms with van der Waals surface area (Å²) in [6.07, 6.45) is 0. The van der Waals surface area contributed by atoms with Gasteiger partial charge in [-0.1, -0.05) is 0 Å². The number of hydrogen-bond acceptors (Lipinski definition) is 6. The van der Waals surface area contributed by atoms with Crippen LogP contribution < -0.4 is 0 Å². The summed E-state index contributed by atoms with van der Waals surface area (Å²) in [5, 5.41) is 19.5. The summed E-state index contributed by atoms with van der Waals surface area (Å²) in [6, 6.07) is 0.910. The maximum absolute atomic E-state index is 13.5. The molecule has 1 saturated heterocycles. The SMILES string of the molecule is O=C(O)[C@@H]1CSCN1S(=O)(=O)c1ccc([N+](=O)[O-])c(F)c1. The fraction of sp³-hybridized carbons (Fsp3) is 0.300. The summed E-state index contributed by atoms with van der Waals surface area (Å²) in [6.45, 7) is 0. The van der Waals surface area contributed by atoms with Crippen molar-refractivity contribution in [2.45, 2.75) is 10.9 Å². The molecule has 0 bridgehead atoms. The number of hydrogen-bond donors (Lipinski definition) is 1. The monoisotopic (exact) mass is 336 g/mol. The molecule has 2 rings (SSSR count). The number of aliphatic carboxylic acids is 1. The standard InChI is InChI=1S/C10H9FN2O6S2/c11-7-3-6(1-2-8(7)13(16)17)21(18,19)12-5-20-4-9(12)10(14)15/h1-3,9H,4-5H2,(H,14,15)/t9-/m0/s1. The van der Waals surface area contributed by atoms with E-state index in [9.17, 15) is 27.7 Å². The van der Waals surface area contributed by atoms with E-state index in [4.69, 9.17) is 5.11 Å². The third kappa shape index (κ3) is 2.84. The number of carboxylic acids is 1. The fourth-order valence-corrected chi connectivity index (χ4v) is 4.94. The van der Waals surface area contributed by atoms with Crippen molar-refractivity contribution in [2.24, 2.45) is 0 Å².